The van der Waals surface area contributed by atoms with E-state index in [-0.39, 0.29) is 10.8 Å². The first-order valence-electron chi connectivity index (χ1n) is 6.82. The summed E-state index contributed by atoms with van der Waals surface area (Å²) in [4.78, 5) is 0. The lowest BCUT2D eigenvalue weighted by Gasteiger charge is -2.24. The molecule has 5 heteroatoms. The van der Waals surface area contributed by atoms with Crippen LogP contribution in [-0.4, -0.2) is 28.9 Å². The highest BCUT2D eigenvalue weighted by molar-refractivity contribution is 8.01. The van der Waals surface area contributed by atoms with E-state index in [1.54, 1.807) is 0 Å². The van der Waals surface area contributed by atoms with Crippen LogP contribution in [0, 0.1) is 11.8 Å². The maximum absolute atomic E-state index is 12.0. The molecule has 3 nitrogen and oxygen atoms in total. The van der Waals surface area contributed by atoms with E-state index in [9.17, 15) is 4.57 Å². The molecule has 0 aliphatic carbocycles. The number of hydrogen-bond acceptors (Lipinski definition) is 4. The van der Waals surface area contributed by atoms with Crippen LogP contribution >= 0.6 is 19.8 Å². The van der Waals surface area contributed by atoms with E-state index in [1.165, 1.54) is 0 Å². The molecule has 3 unspecified atom stereocenters. The fourth-order valence-corrected chi connectivity index (χ4v) is 5.18. The average Bonchev–Trinajstić information content (AvgIpc) is 2.52. The topological polar surface area (TPSA) is 38.3 Å². The summed E-state index contributed by atoms with van der Waals surface area (Å²) in [6.07, 6.45) is 0.653. The summed E-state index contributed by atoms with van der Waals surface area (Å²) >= 11 is 1.96. The number of hydrogen-bond donors (Lipinski definition) is 1. The quantitative estimate of drug-likeness (QED) is 0.759. The van der Waals surface area contributed by atoms with Crippen molar-refractivity contribution in [2.45, 2.75) is 57.7 Å². The van der Waals surface area contributed by atoms with Gasteiger partial charge in [-0.2, -0.15) is 0 Å². The molecule has 0 aromatic rings. The lowest BCUT2D eigenvalue weighted by atomic mass is 10.1. The Hall–Kier alpha value is 0.500. The standard InChI is InChI=1S/C13H28NO2PS/c1-9(2)7-16-17(15)8-11-13(5,6)18-12(14-11)10(3)4/h9-12,14,17H,7-8H2,1-6H3. The van der Waals surface area contributed by atoms with Gasteiger partial charge in [0.05, 0.1) is 12.0 Å². The van der Waals surface area contributed by atoms with Crippen LogP contribution in [0.5, 0.6) is 0 Å². The Labute approximate surface area is 117 Å². The van der Waals surface area contributed by atoms with Crippen molar-refractivity contribution in [3.05, 3.63) is 0 Å². The third-order valence-corrected chi connectivity index (χ3v) is 6.25. The molecule has 0 amide bonds. The number of nitrogens with one attached hydrogen (secondary N) is 1. The summed E-state index contributed by atoms with van der Waals surface area (Å²) in [5, 5.41) is 4.07. The molecule has 0 bridgehead atoms. The van der Waals surface area contributed by atoms with Crippen LogP contribution in [0.15, 0.2) is 0 Å². The van der Waals surface area contributed by atoms with E-state index in [0.29, 0.717) is 30.0 Å². The van der Waals surface area contributed by atoms with E-state index in [4.69, 9.17) is 4.52 Å². The molecule has 0 saturated carbocycles. The highest BCUT2D eigenvalue weighted by Crippen LogP contribution is 2.43. The minimum atomic E-state index is -1.91. The molecule has 0 radical (unpaired) electrons. The fourth-order valence-electron chi connectivity index (χ4n) is 1.96. The van der Waals surface area contributed by atoms with Gasteiger partial charge in [-0.15, -0.1) is 11.8 Å². The normalized spacial score (nSPS) is 29.1. The Morgan fingerprint density at radius 1 is 1.33 bits per heavy atom. The predicted octanol–water partition coefficient (Wildman–Crippen LogP) is 3.60. The summed E-state index contributed by atoms with van der Waals surface area (Å²) in [7, 11) is -1.91. The van der Waals surface area contributed by atoms with Crippen molar-refractivity contribution in [2.75, 3.05) is 12.8 Å². The van der Waals surface area contributed by atoms with Gasteiger partial charge in [0.25, 0.3) is 0 Å². The zero-order chi connectivity index (χ0) is 13.9. The minimum absolute atomic E-state index is 0.135. The average molecular weight is 293 g/mol. The molecule has 0 aromatic heterocycles. The molecule has 18 heavy (non-hydrogen) atoms. The largest absolute Gasteiger partial charge is 0.330 e. The lowest BCUT2D eigenvalue weighted by molar-refractivity contribution is 0.279. The van der Waals surface area contributed by atoms with E-state index >= 15 is 0 Å². The third-order valence-electron chi connectivity index (χ3n) is 3.19. The van der Waals surface area contributed by atoms with Gasteiger partial charge in [-0.1, -0.05) is 27.7 Å². The molecule has 0 spiro atoms. The van der Waals surface area contributed by atoms with E-state index < -0.39 is 8.03 Å². The van der Waals surface area contributed by atoms with E-state index in [1.807, 2.05) is 11.8 Å². The smallest absolute Gasteiger partial charge is 0.193 e. The van der Waals surface area contributed by atoms with Crippen molar-refractivity contribution in [3.63, 3.8) is 0 Å². The van der Waals surface area contributed by atoms with Gasteiger partial charge in [-0.05, 0) is 25.7 Å². The second kappa shape index (κ2) is 6.78. The highest BCUT2D eigenvalue weighted by Gasteiger charge is 2.42. The molecule has 1 N–H and O–H groups in total. The molecule has 1 aliphatic heterocycles. The summed E-state index contributed by atoms with van der Waals surface area (Å²) in [5.41, 5.74) is 0. The maximum atomic E-state index is 12.0. The van der Waals surface area contributed by atoms with Gasteiger partial charge < -0.3 is 9.84 Å². The molecule has 1 rings (SSSR count). The number of thioether (sulfide) groups is 1. The van der Waals surface area contributed by atoms with Crippen LogP contribution < -0.4 is 5.32 Å². The van der Waals surface area contributed by atoms with Gasteiger partial charge in [-0.3, -0.25) is 4.57 Å². The summed E-state index contributed by atoms with van der Waals surface area (Å²) in [6, 6.07) is 0.286. The lowest BCUT2D eigenvalue weighted by Crippen LogP contribution is -2.41. The van der Waals surface area contributed by atoms with Gasteiger partial charge >= 0.3 is 0 Å². The van der Waals surface area contributed by atoms with Crippen molar-refractivity contribution >= 4 is 19.8 Å². The van der Waals surface area contributed by atoms with Crippen molar-refractivity contribution < 1.29 is 9.09 Å². The zero-order valence-corrected chi connectivity index (χ0v) is 14.3. The van der Waals surface area contributed by atoms with Crippen molar-refractivity contribution in [1.82, 2.24) is 5.32 Å². The van der Waals surface area contributed by atoms with Gasteiger partial charge in [0, 0.05) is 17.0 Å². The molecule has 1 heterocycles. The molecular weight excluding hydrogens is 265 g/mol. The predicted molar refractivity (Wildman–Crippen MR) is 81.9 cm³/mol. The minimum Gasteiger partial charge on any atom is -0.330 e. The Bertz CT molecular complexity index is 295. The third kappa shape index (κ3) is 4.88. The van der Waals surface area contributed by atoms with Crippen LogP contribution in [0.3, 0.4) is 0 Å². The van der Waals surface area contributed by atoms with Gasteiger partial charge in [0.2, 0.25) is 0 Å². The molecule has 3 atom stereocenters. The van der Waals surface area contributed by atoms with Crippen LogP contribution in [-0.2, 0) is 9.09 Å². The Morgan fingerprint density at radius 2 is 1.94 bits per heavy atom. The molecular formula is C13H28NO2PS. The first-order valence-corrected chi connectivity index (χ1v) is 9.22. The van der Waals surface area contributed by atoms with Gasteiger partial charge in [0.15, 0.2) is 8.03 Å². The van der Waals surface area contributed by atoms with E-state index in [2.05, 4.69) is 46.9 Å². The number of rotatable bonds is 6. The van der Waals surface area contributed by atoms with Crippen molar-refractivity contribution in [1.29, 1.82) is 0 Å². The highest BCUT2D eigenvalue weighted by atomic mass is 32.2. The maximum Gasteiger partial charge on any atom is 0.193 e. The Balaban J connectivity index is 2.48. The second-order valence-electron chi connectivity index (χ2n) is 6.39. The molecule has 1 aliphatic rings. The Morgan fingerprint density at radius 3 is 2.39 bits per heavy atom. The van der Waals surface area contributed by atoms with Crippen LogP contribution in [0.1, 0.15) is 41.5 Å². The van der Waals surface area contributed by atoms with Crippen LogP contribution in [0.4, 0.5) is 0 Å². The molecule has 1 fully saturated rings. The molecule has 108 valence electrons. The molecule has 1 saturated heterocycles. The van der Waals surface area contributed by atoms with Gasteiger partial charge in [-0.25, -0.2) is 0 Å². The fraction of sp³-hybridized carbons (Fsp3) is 1.00. The van der Waals surface area contributed by atoms with E-state index in [0.717, 1.165) is 0 Å². The second-order valence-corrected chi connectivity index (χ2v) is 9.62. The van der Waals surface area contributed by atoms with Crippen LogP contribution in [0.25, 0.3) is 0 Å². The Kier molecular flexibility index (Phi) is 6.24. The summed E-state index contributed by atoms with van der Waals surface area (Å²) in [6.45, 7) is 13.7. The molecule has 0 aromatic carbocycles. The summed E-state index contributed by atoms with van der Waals surface area (Å²) < 4.78 is 17.6. The monoisotopic (exact) mass is 293 g/mol. The van der Waals surface area contributed by atoms with Crippen LogP contribution in [0.2, 0.25) is 0 Å². The SMILES string of the molecule is CC(C)CO[PH](=O)CC1NC(C(C)C)SC1(C)C. The summed E-state index contributed by atoms with van der Waals surface area (Å²) in [5.74, 6) is 1.04. The van der Waals surface area contributed by atoms with Gasteiger partial charge in [0.1, 0.15) is 0 Å². The van der Waals surface area contributed by atoms with Crippen molar-refractivity contribution in [2.24, 2.45) is 11.8 Å². The zero-order valence-electron chi connectivity index (χ0n) is 12.4. The first kappa shape index (κ1) is 16.6. The first-order chi connectivity index (χ1) is 8.22. The van der Waals surface area contributed by atoms with Crippen molar-refractivity contribution in [3.8, 4) is 0 Å².